The maximum absolute atomic E-state index is 11.8. The third-order valence-electron chi connectivity index (χ3n) is 4.54. The number of guanidine groups is 1. The van der Waals surface area contributed by atoms with Gasteiger partial charge in [-0.1, -0.05) is 6.07 Å². The average Bonchev–Trinajstić information content (AvgIpc) is 2.96. The monoisotopic (exact) mass is 500 g/mol. The average molecular weight is 500 g/mol. The smallest absolute Gasteiger partial charge is 0.250 e. The zero-order chi connectivity index (χ0) is 19.6. The molecule has 2 aromatic rings. The van der Waals surface area contributed by atoms with E-state index in [4.69, 9.17) is 0 Å². The van der Waals surface area contributed by atoms with Gasteiger partial charge in [0.2, 0.25) is 0 Å². The van der Waals surface area contributed by atoms with Gasteiger partial charge in [0.25, 0.3) is 5.56 Å². The van der Waals surface area contributed by atoms with Crippen LogP contribution in [-0.2, 0) is 13.1 Å². The van der Waals surface area contributed by atoms with E-state index in [2.05, 4.69) is 33.7 Å². The van der Waals surface area contributed by atoms with E-state index >= 15 is 0 Å². The normalized spacial score (nSPS) is 11.2. The highest BCUT2D eigenvalue weighted by atomic mass is 127. The molecular formula is C20H33IN6O. The molecule has 0 saturated heterocycles. The minimum Gasteiger partial charge on any atom is -0.356 e. The van der Waals surface area contributed by atoms with Crippen molar-refractivity contribution in [3.05, 3.63) is 51.7 Å². The number of aliphatic imine (C=N–C) groups is 1. The van der Waals surface area contributed by atoms with Crippen molar-refractivity contribution >= 4 is 29.9 Å². The van der Waals surface area contributed by atoms with Gasteiger partial charge in [0.1, 0.15) is 0 Å². The summed E-state index contributed by atoms with van der Waals surface area (Å²) in [6, 6.07) is 7.49. The third kappa shape index (κ3) is 7.65. The van der Waals surface area contributed by atoms with Crippen LogP contribution in [0.25, 0.3) is 0 Å². The molecule has 2 aromatic heterocycles. The summed E-state index contributed by atoms with van der Waals surface area (Å²) in [5.74, 6) is 0.816. The van der Waals surface area contributed by atoms with Crippen LogP contribution in [0, 0.1) is 20.8 Å². The summed E-state index contributed by atoms with van der Waals surface area (Å²) in [5, 5.41) is 11.1. The zero-order valence-corrected chi connectivity index (χ0v) is 19.7. The van der Waals surface area contributed by atoms with Crippen LogP contribution in [-0.4, -0.2) is 40.4 Å². The lowest BCUT2D eigenvalue weighted by Gasteiger charge is -2.13. The van der Waals surface area contributed by atoms with Gasteiger partial charge in [0, 0.05) is 50.7 Å². The molecule has 0 unspecified atom stereocenters. The van der Waals surface area contributed by atoms with Gasteiger partial charge in [-0.3, -0.25) is 14.5 Å². The first-order valence-corrected chi connectivity index (χ1v) is 9.63. The van der Waals surface area contributed by atoms with E-state index in [1.165, 1.54) is 5.69 Å². The Hall–Kier alpha value is -1.84. The molecule has 0 atom stereocenters. The number of nitrogens with zero attached hydrogens (tertiary/aromatic N) is 4. The second-order valence-corrected chi connectivity index (χ2v) is 6.79. The summed E-state index contributed by atoms with van der Waals surface area (Å²) in [7, 11) is 1.78. The standard InChI is InChI=1S/C20H32N6O.HI/c1-16-15-18(3)26(24-16)14-8-12-23-20(21-4)22-11-5-6-13-25-17(2)9-7-10-19(25)27;/h7,9-10,15H,5-6,8,11-14H2,1-4H3,(H2,21,22,23);1H. The van der Waals surface area contributed by atoms with Crippen molar-refractivity contribution in [2.24, 2.45) is 4.99 Å². The van der Waals surface area contributed by atoms with Crippen LogP contribution in [0.4, 0.5) is 0 Å². The first-order valence-electron chi connectivity index (χ1n) is 9.63. The minimum atomic E-state index is 0. The predicted octanol–water partition coefficient (Wildman–Crippen LogP) is 2.62. The molecule has 28 heavy (non-hydrogen) atoms. The lowest BCUT2D eigenvalue weighted by atomic mass is 10.3. The molecule has 0 bridgehead atoms. The van der Waals surface area contributed by atoms with Crippen molar-refractivity contribution in [2.75, 3.05) is 20.1 Å². The largest absolute Gasteiger partial charge is 0.356 e. The fraction of sp³-hybridized carbons (Fsp3) is 0.550. The van der Waals surface area contributed by atoms with E-state index in [1.54, 1.807) is 19.2 Å². The quantitative estimate of drug-likeness (QED) is 0.240. The Morgan fingerprint density at radius 2 is 1.75 bits per heavy atom. The maximum atomic E-state index is 11.8. The van der Waals surface area contributed by atoms with Crippen LogP contribution in [0.5, 0.6) is 0 Å². The molecule has 0 amide bonds. The van der Waals surface area contributed by atoms with Crippen LogP contribution in [0.15, 0.2) is 34.1 Å². The zero-order valence-electron chi connectivity index (χ0n) is 17.4. The number of rotatable bonds is 9. The molecule has 8 heteroatoms. The highest BCUT2D eigenvalue weighted by molar-refractivity contribution is 14.0. The van der Waals surface area contributed by atoms with Crippen LogP contribution in [0.1, 0.15) is 36.3 Å². The van der Waals surface area contributed by atoms with E-state index in [0.29, 0.717) is 0 Å². The summed E-state index contributed by atoms with van der Waals surface area (Å²) < 4.78 is 3.87. The fourth-order valence-electron chi connectivity index (χ4n) is 3.07. The van der Waals surface area contributed by atoms with Crippen molar-refractivity contribution in [3.8, 4) is 0 Å². The van der Waals surface area contributed by atoms with E-state index in [9.17, 15) is 4.79 Å². The van der Waals surface area contributed by atoms with Crippen molar-refractivity contribution < 1.29 is 0 Å². The number of nitrogens with one attached hydrogen (secondary N) is 2. The summed E-state index contributed by atoms with van der Waals surface area (Å²) in [5.41, 5.74) is 3.34. The Morgan fingerprint density at radius 1 is 1.04 bits per heavy atom. The molecule has 2 N–H and O–H groups in total. The number of halogens is 1. The third-order valence-corrected chi connectivity index (χ3v) is 4.54. The molecule has 0 saturated carbocycles. The molecule has 0 aliphatic carbocycles. The topological polar surface area (TPSA) is 76.2 Å². The van der Waals surface area contributed by atoms with Gasteiger partial charge in [-0.15, -0.1) is 24.0 Å². The summed E-state index contributed by atoms with van der Waals surface area (Å²) in [6.07, 6.45) is 2.92. The first kappa shape index (κ1) is 24.2. The van der Waals surface area contributed by atoms with Crippen molar-refractivity contribution in [3.63, 3.8) is 0 Å². The molecule has 2 heterocycles. The molecule has 0 fully saturated rings. The molecule has 156 valence electrons. The molecule has 0 radical (unpaired) electrons. The van der Waals surface area contributed by atoms with Crippen molar-refractivity contribution in [1.82, 2.24) is 25.0 Å². The number of hydrogen-bond donors (Lipinski definition) is 2. The number of aryl methyl sites for hydroxylation is 4. The van der Waals surface area contributed by atoms with Crippen molar-refractivity contribution in [1.29, 1.82) is 0 Å². The highest BCUT2D eigenvalue weighted by Gasteiger charge is 2.02. The van der Waals surface area contributed by atoms with Crippen molar-refractivity contribution in [2.45, 2.75) is 53.1 Å². The molecule has 0 aliphatic rings. The number of aromatic nitrogens is 3. The van der Waals surface area contributed by atoms with Gasteiger partial charge in [0.15, 0.2) is 5.96 Å². The summed E-state index contributed by atoms with van der Waals surface area (Å²) in [6.45, 7) is 9.39. The Labute approximate surface area is 184 Å². The van der Waals surface area contributed by atoms with Gasteiger partial charge in [-0.05, 0) is 52.2 Å². The fourth-order valence-corrected chi connectivity index (χ4v) is 3.07. The second kappa shape index (κ2) is 12.6. The van der Waals surface area contributed by atoms with Gasteiger partial charge in [-0.2, -0.15) is 5.10 Å². The minimum absolute atomic E-state index is 0. The van der Waals surface area contributed by atoms with Crippen LogP contribution in [0.3, 0.4) is 0 Å². The Kier molecular flexibility index (Phi) is 10.9. The van der Waals surface area contributed by atoms with Gasteiger partial charge >= 0.3 is 0 Å². The molecule has 0 aliphatic heterocycles. The highest BCUT2D eigenvalue weighted by Crippen LogP contribution is 2.02. The first-order chi connectivity index (χ1) is 13.0. The van der Waals surface area contributed by atoms with Crippen LogP contribution >= 0.6 is 24.0 Å². The molecule has 2 rings (SSSR count). The number of hydrogen-bond acceptors (Lipinski definition) is 3. The summed E-state index contributed by atoms with van der Waals surface area (Å²) >= 11 is 0. The SMILES string of the molecule is CN=C(NCCCCn1c(C)cccc1=O)NCCCn1nc(C)cc1C.I. The summed E-state index contributed by atoms with van der Waals surface area (Å²) in [4.78, 5) is 16.1. The maximum Gasteiger partial charge on any atom is 0.250 e. The molecular weight excluding hydrogens is 467 g/mol. The van der Waals surface area contributed by atoms with Gasteiger partial charge < -0.3 is 15.2 Å². The van der Waals surface area contributed by atoms with E-state index in [-0.39, 0.29) is 29.5 Å². The lowest BCUT2D eigenvalue weighted by molar-refractivity contribution is 0.552. The Bertz CT molecular complexity index is 811. The molecule has 0 aromatic carbocycles. The Balaban J connectivity index is 0.00000392. The molecule has 0 spiro atoms. The predicted molar refractivity (Wildman–Crippen MR) is 126 cm³/mol. The van der Waals surface area contributed by atoms with E-state index in [1.807, 2.05) is 29.2 Å². The molecule has 7 nitrogen and oxygen atoms in total. The number of pyridine rings is 1. The van der Waals surface area contributed by atoms with E-state index in [0.717, 1.165) is 62.8 Å². The van der Waals surface area contributed by atoms with E-state index < -0.39 is 0 Å². The van der Waals surface area contributed by atoms with Gasteiger partial charge in [0.05, 0.1) is 5.69 Å². The van der Waals surface area contributed by atoms with Crippen LogP contribution < -0.4 is 16.2 Å². The lowest BCUT2D eigenvalue weighted by Crippen LogP contribution is -2.38. The van der Waals surface area contributed by atoms with Gasteiger partial charge in [-0.25, -0.2) is 0 Å². The second-order valence-electron chi connectivity index (χ2n) is 6.79. The number of unbranched alkanes of at least 4 members (excludes halogenated alkanes) is 1. The van der Waals surface area contributed by atoms with Crippen LogP contribution in [0.2, 0.25) is 0 Å². The Morgan fingerprint density at radius 3 is 2.36 bits per heavy atom.